The SMILES string of the molecule is FC(F)(F)/C=C/c1ccccc1Cl. The fraction of sp³-hybridized carbons (Fsp3) is 0.111. The van der Waals surface area contributed by atoms with Crippen molar-refractivity contribution < 1.29 is 13.2 Å². The normalized spacial score (nSPS) is 12.3. The van der Waals surface area contributed by atoms with Gasteiger partial charge in [-0.2, -0.15) is 13.2 Å². The van der Waals surface area contributed by atoms with E-state index in [4.69, 9.17) is 11.6 Å². The first-order valence-corrected chi connectivity index (χ1v) is 3.87. The Hall–Kier alpha value is -0.960. The molecule has 0 saturated carbocycles. The third-order valence-electron chi connectivity index (χ3n) is 1.36. The molecular formula is C9H6ClF3. The van der Waals surface area contributed by atoms with Gasteiger partial charge in [-0.05, 0) is 17.7 Å². The van der Waals surface area contributed by atoms with E-state index < -0.39 is 6.18 Å². The third-order valence-corrected chi connectivity index (χ3v) is 1.70. The zero-order valence-corrected chi connectivity index (χ0v) is 7.23. The van der Waals surface area contributed by atoms with Gasteiger partial charge >= 0.3 is 6.18 Å². The first-order chi connectivity index (χ1) is 5.99. The minimum atomic E-state index is -4.29. The van der Waals surface area contributed by atoms with Crippen molar-refractivity contribution in [1.82, 2.24) is 0 Å². The van der Waals surface area contributed by atoms with Gasteiger partial charge in [-0.1, -0.05) is 29.8 Å². The highest BCUT2D eigenvalue weighted by Gasteiger charge is 2.21. The van der Waals surface area contributed by atoms with Crippen molar-refractivity contribution in [3.05, 3.63) is 40.9 Å². The third kappa shape index (κ3) is 3.51. The van der Waals surface area contributed by atoms with E-state index in [0.717, 1.165) is 6.08 Å². The molecule has 1 aromatic carbocycles. The lowest BCUT2D eigenvalue weighted by molar-refractivity contribution is -0.0790. The van der Waals surface area contributed by atoms with E-state index in [-0.39, 0.29) is 6.08 Å². The molecule has 0 nitrogen and oxygen atoms in total. The Balaban J connectivity index is 2.86. The lowest BCUT2D eigenvalue weighted by Crippen LogP contribution is -2.00. The summed E-state index contributed by atoms with van der Waals surface area (Å²) in [5.41, 5.74) is 0.362. The van der Waals surface area contributed by atoms with Gasteiger partial charge in [0.05, 0.1) is 0 Å². The molecule has 0 unspecified atom stereocenters. The maximum Gasteiger partial charge on any atom is 0.409 e. The number of allylic oxidation sites excluding steroid dienone is 1. The van der Waals surface area contributed by atoms with E-state index >= 15 is 0 Å². The Kier molecular flexibility index (Phi) is 2.98. The van der Waals surface area contributed by atoms with Crippen LogP contribution in [0.15, 0.2) is 30.3 Å². The zero-order valence-electron chi connectivity index (χ0n) is 6.48. The summed E-state index contributed by atoms with van der Waals surface area (Å²) < 4.78 is 35.2. The van der Waals surface area contributed by atoms with Gasteiger partial charge in [0, 0.05) is 11.1 Å². The molecule has 0 aliphatic carbocycles. The molecule has 0 amide bonds. The number of alkyl halides is 3. The summed E-state index contributed by atoms with van der Waals surface area (Å²) in [5.74, 6) is 0. The Labute approximate surface area is 78.6 Å². The molecule has 70 valence electrons. The molecule has 0 heterocycles. The number of halogens is 4. The van der Waals surface area contributed by atoms with Crippen molar-refractivity contribution in [2.45, 2.75) is 6.18 Å². The molecular weight excluding hydrogens is 201 g/mol. The van der Waals surface area contributed by atoms with E-state index in [1.807, 2.05) is 0 Å². The van der Waals surface area contributed by atoms with E-state index in [2.05, 4.69) is 0 Å². The fourth-order valence-corrected chi connectivity index (χ4v) is 0.993. The summed E-state index contributed by atoms with van der Waals surface area (Å²) in [6.07, 6.45) is -3.18. The summed E-state index contributed by atoms with van der Waals surface area (Å²) >= 11 is 5.63. The molecule has 0 fully saturated rings. The highest BCUT2D eigenvalue weighted by molar-refractivity contribution is 6.32. The van der Waals surface area contributed by atoms with Crippen LogP contribution >= 0.6 is 11.6 Å². The average molecular weight is 207 g/mol. The van der Waals surface area contributed by atoms with Gasteiger partial charge in [-0.15, -0.1) is 0 Å². The molecule has 0 bridgehead atoms. The zero-order chi connectivity index (χ0) is 9.90. The number of rotatable bonds is 1. The minimum absolute atomic E-state index is 0.161. The van der Waals surface area contributed by atoms with Crippen LogP contribution < -0.4 is 0 Å². The van der Waals surface area contributed by atoms with Gasteiger partial charge in [-0.3, -0.25) is 0 Å². The standard InChI is InChI=1S/C9H6ClF3/c10-8-4-2-1-3-7(8)5-6-9(11,12)13/h1-6H/b6-5+. The molecule has 1 aromatic rings. The fourth-order valence-electron chi connectivity index (χ4n) is 0.795. The van der Waals surface area contributed by atoms with Crippen LogP contribution in [0, 0.1) is 0 Å². The maximum atomic E-state index is 11.7. The molecule has 0 N–H and O–H groups in total. The molecule has 0 aliphatic heterocycles. The van der Waals surface area contributed by atoms with Crippen molar-refractivity contribution >= 4 is 17.7 Å². The largest absolute Gasteiger partial charge is 0.409 e. The van der Waals surface area contributed by atoms with Crippen molar-refractivity contribution in [2.24, 2.45) is 0 Å². The van der Waals surface area contributed by atoms with Gasteiger partial charge in [0.25, 0.3) is 0 Å². The summed E-state index contributed by atoms with van der Waals surface area (Å²) in [7, 11) is 0. The number of benzene rings is 1. The molecule has 0 aliphatic rings. The Morgan fingerprint density at radius 3 is 2.31 bits per heavy atom. The van der Waals surface area contributed by atoms with Crippen molar-refractivity contribution in [3.8, 4) is 0 Å². The highest BCUT2D eigenvalue weighted by atomic mass is 35.5. The van der Waals surface area contributed by atoms with Crippen molar-refractivity contribution in [2.75, 3.05) is 0 Å². The summed E-state index contributed by atoms with van der Waals surface area (Å²) in [5, 5.41) is 0.308. The monoisotopic (exact) mass is 206 g/mol. The molecule has 1 rings (SSSR count). The van der Waals surface area contributed by atoms with Crippen LogP contribution in [0.4, 0.5) is 13.2 Å². The Bertz CT molecular complexity index is 315. The second-order valence-electron chi connectivity index (χ2n) is 2.40. The van der Waals surface area contributed by atoms with E-state index in [1.54, 1.807) is 12.1 Å². The van der Waals surface area contributed by atoms with E-state index in [1.165, 1.54) is 12.1 Å². The van der Waals surface area contributed by atoms with Crippen molar-refractivity contribution in [1.29, 1.82) is 0 Å². The summed E-state index contributed by atoms with van der Waals surface area (Å²) in [6.45, 7) is 0. The molecule has 4 heteroatoms. The van der Waals surface area contributed by atoms with E-state index in [9.17, 15) is 13.2 Å². The minimum Gasteiger partial charge on any atom is -0.167 e. The smallest absolute Gasteiger partial charge is 0.167 e. The molecule has 0 radical (unpaired) electrons. The van der Waals surface area contributed by atoms with E-state index in [0.29, 0.717) is 10.6 Å². The number of hydrogen-bond donors (Lipinski definition) is 0. The van der Waals surface area contributed by atoms with Crippen LogP contribution in [-0.2, 0) is 0 Å². The molecule has 13 heavy (non-hydrogen) atoms. The second-order valence-corrected chi connectivity index (χ2v) is 2.80. The topological polar surface area (TPSA) is 0 Å². The van der Waals surface area contributed by atoms with Crippen LogP contribution in [0.5, 0.6) is 0 Å². The van der Waals surface area contributed by atoms with Gasteiger partial charge in [0.1, 0.15) is 0 Å². The maximum absolute atomic E-state index is 11.7. The molecule has 0 saturated heterocycles. The first kappa shape index (κ1) is 10.1. The first-order valence-electron chi connectivity index (χ1n) is 3.49. The van der Waals surface area contributed by atoms with Crippen LogP contribution in [0.25, 0.3) is 6.08 Å². The quantitative estimate of drug-likeness (QED) is 0.654. The number of hydrogen-bond acceptors (Lipinski definition) is 0. The van der Waals surface area contributed by atoms with Gasteiger partial charge in [0.2, 0.25) is 0 Å². The van der Waals surface area contributed by atoms with Crippen LogP contribution in [-0.4, -0.2) is 6.18 Å². The van der Waals surface area contributed by atoms with Crippen molar-refractivity contribution in [3.63, 3.8) is 0 Å². The lowest BCUT2D eigenvalue weighted by atomic mass is 10.2. The molecule has 0 aromatic heterocycles. The molecule has 0 atom stereocenters. The predicted molar refractivity (Wildman–Crippen MR) is 46.5 cm³/mol. The predicted octanol–water partition coefficient (Wildman–Crippen LogP) is 3.92. The average Bonchev–Trinajstić information content (AvgIpc) is 2.01. The Morgan fingerprint density at radius 1 is 1.15 bits per heavy atom. The Morgan fingerprint density at radius 2 is 1.77 bits per heavy atom. The van der Waals surface area contributed by atoms with Gasteiger partial charge < -0.3 is 0 Å². The highest BCUT2D eigenvalue weighted by Crippen LogP contribution is 2.21. The second kappa shape index (κ2) is 3.83. The summed E-state index contributed by atoms with van der Waals surface area (Å²) in [6, 6.07) is 6.34. The van der Waals surface area contributed by atoms with Crippen LogP contribution in [0.3, 0.4) is 0 Å². The molecule has 0 spiro atoms. The summed E-state index contributed by atoms with van der Waals surface area (Å²) in [4.78, 5) is 0. The van der Waals surface area contributed by atoms with Crippen LogP contribution in [0.2, 0.25) is 5.02 Å². The lowest BCUT2D eigenvalue weighted by Gasteiger charge is -1.99. The van der Waals surface area contributed by atoms with Gasteiger partial charge in [0.15, 0.2) is 0 Å². The van der Waals surface area contributed by atoms with Crippen LogP contribution in [0.1, 0.15) is 5.56 Å². The van der Waals surface area contributed by atoms with Gasteiger partial charge in [-0.25, -0.2) is 0 Å².